The zero-order valence-corrected chi connectivity index (χ0v) is 17.8. The van der Waals surface area contributed by atoms with Gasteiger partial charge >= 0.3 is 108 Å². The van der Waals surface area contributed by atoms with Crippen LogP contribution in [0.15, 0.2) is 21.1 Å². The van der Waals surface area contributed by atoms with Gasteiger partial charge in [-0.1, -0.05) is 0 Å². The normalized spacial score (nSPS) is 13.2. The first-order chi connectivity index (χ1) is 7.54. The minimum absolute atomic E-state index is 0. The predicted octanol–water partition coefficient (Wildman–Crippen LogP) is -3.34. The third-order valence-electron chi connectivity index (χ3n) is 2.72. The van der Waals surface area contributed by atoms with Crippen molar-refractivity contribution < 1.29 is 50.5 Å². The van der Waals surface area contributed by atoms with Crippen LogP contribution in [0.25, 0.3) is 0 Å². The second kappa shape index (κ2) is 10.4. The van der Waals surface area contributed by atoms with E-state index in [1.54, 1.807) is 3.33 Å². The summed E-state index contributed by atoms with van der Waals surface area (Å²) < 4.78 is 5.03. The zero-order valence-electron chi connectivity index (χ0n) is 11.5. The van der Waals surface area contributed by atoms with E-state index in [4.69, 9.17) is 0 Å². The van der Waals surface area contributed by atoms with Crippen LogP contribution in [-0.4, -0.2) is 11.9 Å². The Morgan fingerprint density at radius 1 is 1.44 bits per heavy atom. The molecule has 6 heteroatoms. The monoisotopic (exact) mass is 474 g/mol. The average molecular weight is 474 g/mol. The molecule has 0 aromatic rings. The molecule has 0 bridgehead atoms. The van der Waals surface area contributed by atoms with Gasteiger partial charge in [-0.25, -0.2) is 0 Å². The van der Waals surface area contributed by atoms with E-state index >= 15 is 0 Å². The first kappa shape index (κ1) is 20.9. The van der Waals surface area contributed by atoms with Crippen molar-refractivity contribution in [3.8, 4) is 0 Å². The van der Waals surface area contributed by atoms with E-state index in [-0.39, 0.29) is 24.8 Å². The number of hydrogen-bond acceptors (Lipinski definition) is 1. The molecule has 103 valence electrons. The number of carbonyl (C=O) groups excluding carboxylic acids is 1. The van der Waals surface area contributed by atoms with Crippen LogP contribution in [-0.2, 0) is 25.7 Å². The molecule has 2 nitrogen and oxygen atoms in total. The van der Waals surface area contributed by atoms with E-state index in [1.807, 2.05) is 0 Å². The second-order valence-electron chi connectivity index (χ2n) is 4.69. The number of nitrogens with one attached hydrogen (secondary N) is 1. The summed E-state index contributed by atoms with van der Waals surface area (Å²) in [6.07, 6.45) is 7.41. The number of carbonyl (C=O) groups is 1. The van der Waals surface area contributed by atoms with E-state index in [2.05, 4.69) is 42.4 Å². The van der Waals surface area contributed by atoms with Gasteiger partial charge in [0.2, 0.25) is 0 Å². The molecule has 0 atom stereocenters. The Morgan fingerprint density at radius 2 is 2.06 bits per heavy atom. The zero-order chi connectivity index (χ0) is 12.1. The Bertz CT molecular complexity index is 332. The minimum atomic E-state index is -1.93. The van der Waals surface area contributed by atoms with Crippen LogP contribution in [0.5, 0.6) is 0 Å². The Kier molecular flexibility index (Phi) is 12.1. The predicted molar refractivity (Wildman–Crippen MR) is 68.4 cm³/mol. The van der Waals surface area contributed by atoms with Crippen molar-refractivity contribution in [3.63, 3.8) is 0 Å². The summed E-state index contributed by atoms with van der Waals surface area (Å²) in [4.78, 5) is 11.7. The molecular weight excluding hydrogens is 452 g/mol. The molecule has 0 aromatic carbocycles. The third kappa shape index (κ3) is 6.69. The van der Waals surface area contributed by atoms with Gasteiger partial charge in [-0.05, 0) is 0 Å². The topological polar surface area (TPSA) is 29.1 Å². The first-order valence-corrected chi connectivity index (χ1v) is 18.8. The van der Waals surface area contributed by atoms with Crippen molar-refractivity contribution in [2.75, 3.05) is 0 Å². The molecule has 0 heterocycles. The summed E-state index contributed by atoms with van der Waals surface area (Å²) in [7, 11) is 0. The fraction of sp³-hybridized carbons (Fsp3) is 0.583. The summed E-state index contributed by atoms with van der Waals surface area (Å²) in [5, 5.41) is 0. The fourth-order valence-electron chi connectivity index (χ4n) is 1.89. The van der Waals surface area contributed by atoms with E-state index in [9.17, 15) is 4.79 Å². The second-order valence-corrected chi connectivity index (χ2v) is 30.3. The van der Waals surface area contributed by atoms with Crippen molar-refractivity contribution in [3.05, 3.63) is 21.1 Å². The number of halogens is 2. The maximum atomic E-state index is 11.7. The molecule has 0 fully saturated rings. The Balaban J connectivity index is 0. The molecule has 1 amide bonds. The van der Waals surface area contributed by atoms with E-state index in [0.29, 0.717) is 12.3 Å². The summed E-state index contributed by atoms with van der Waals surface area (Å²) in [5.41, 5.74) is 1.39. The largest absolute Gasteiger partial charge is 1.00 e. The molecule has 0 spiro atoms. The van der Waals surface area contributed by atoms with Gasteiger partial charge in [0.15, 0.2) is 0 Å². The van der Waals surface area contributed by atoms with E-state index < -0.39 is 26.9 Å². The molecule has 18 heavy (non-hydrogen) atoms. The molecule has 1 N–H and O–H groups in total. The molecule has 0 aliphatic heterocycles. The van der Waals surface area contributed by atoms with Gasteiger partial charge in [0.25, 0.3) is 0 Å². The molecule has 0 aromatic heterocycles. The summed E-state index contributed by atoms with van der Waals surface area (Å²) in [6.45, 7) is 9.01. The standard InChI is InChI=1S/C6H7.C4H9NO.C2H7Si.2ClH.Hf/c1-6-4-2-3-5-6;1-2-3-4(5)6;1-3-2;;;/h4-5H,2H2,1H3;2-3H2,1H3,(H2,5,6);3H,1-2H3;2*1H;/q;;;;;+3/p-3. The molecule has 0 saturated heterocycles. The van der Waals surface area contributed by atoms with Gasteiger partial charge in [0, 0.05) is 0 Å². The van der Waals surface area contributed by atoms with Crippen LogP contribution < -0.4 is 28.1 Å². The fourth-order valence-corrected chi connectivity index (χ4v) is 21.6. The van der Waals surface area contributed by atoms with Gasteiger partial charge < -0.3 is 24.8 Å². The summed E-state index contributed by atoms with van der Waals surface area (Å²) >= 11 is -1.93. The number of rotatable bonds is 5. The van der Waals surface area contributed by atoms with E-state index in [0.717, 1.165) is 12.8 Å². The molecule has 0 radical (unpaired) electrons. The van der Waals surface area contributed by atoms with Crippen LogP contribution in [0, 0.1) is 0 Å². The minimum Gasteiger partial charge on any atom is -1.00 e. The van der Waals surface area contributed by atoms with Gasteiger partial charge in [-0.15, -0.1) is 0 Å². The van der Waals surface area contributed by atoms with Gasteiger partial charge in [0.1, 0.15) is 0 Å². The van der Waals surface area contributed by atoms with Crippen LogP contribution in [0.4, 0.5) is 0 Å². The van der Waals surface area contributed by atoms with Gasteiger partial charge in [-0.2, -0.15) is 0 Å². The molecule has 1 rings (SSSR count). The summed E-state index contributed by atoms with van der Waals surface area (Å²) in [6, 6.07) is 0. The Morgan fingerprint density at radius 3 is 2.44 bits per heavy atom. The number of hydrogen-bond donors (Lipinski definition) is 1. The van der Waals surface area contributed by atoms with Crippen molar-refractivity contribution in [2.24, 2.45) is 0 Å². The quantitative estimate of drug-likeness (QED) is 0.416. The van der Waals surface area contributed by atoms with Crippen molar-refractivity contribution in [2.45, 2.75) is 46.2 Å². The third-order valence-corrected chi connectivity index (χ3v) is 26.2. The number of amides is 1. The maximum Gasteiger partial charge on any atom is -1.00 e. The SMILES string of the molecule is CCCC(=O)[NH][Hf+2]([C]1=CC(C)=CC1)[SiH](C)C.[Cl-].[Cl-]. The summed E-state index contributed by atoms with van der Waals surface area (Å²) in [5.74, 6) is -0.365. The molecule has 1 aliphatic rings. The van der Waals surface area contributed by atoms with Crippen molar-refractivity contribution in [1.29, 1.82) is 0 Å². The van der Waals surface area contributed by atoms with Crippen molar-refractivity contribution in [1.82, 2.24) is 3.30 Å². The molecule has 1 aliphatic carbocycles. The molecule has 0 unspecified atom stereocenters. The van der Waals surface area contributed by atoms with E-state index in [1.165, 1.54) is 5.57 Å². The van der Waals surface area contributed by atoms with Crippen LogP contribution in [0.3, 0.4) is 0 Å². The van der Waals surface area contributed by atoms with Gasteiger partial charge in [0.05, 0.1) is 0 Å². The maximum absolute atomic E-state index is 11.7. The van der Waals surface area contributed by atoms with Crippen LogP contribution in [0.2, 0.25) is 13.1 Å². The van der Waals surface area contributed by atoms with Gasteiger partial charge in [-0.3, -0.25) is 0 Å². The van der Waals surface area contributed by atoms with Crippen molar-refractivity contribution >= 4 is 11.9 Å². The Labute approximate surface area is 132 Å². The average Bonchev–Trinajstić information content (AvgIpc) is 2.61. The molecular formula is C12H22Cl2HfNOSi. The molecule has 0 saturated carbocycles. The number of allylic oxidation sites excluding steroid dienone is 4. The van der Waals surface area contributed by atoms with Crippen LogP contribution >= 0.6 is 0 Å². The smallest absolute Gasteiger partial charge is 1.00 e. The van der Waals surface area contributed by atoms with Crippen LogP contribution in [0.1, 0.15) is 33.1 Å². The Hall–Kier alpha value is 0.617. The first-order valence-electron chi connectivity index (χ1n) is 6.09.